The number of benzene rings is 1. The SMILES string of the molecule is N#C[C@@H]1C[C@@H]2C[C@@H]2N1C(=O)[C@@H](N)CN1CC2C[C@@H]1C(=O)N2[C@H](c1ccc(F)cc1)C1CC1. The Kier molecular flexibility index (Phi) is 4.57. The van der Waals surface area contributed by atoms with Crippen LogP contribution in [0.5, 0.6) is 0 Å². The highest BCUT2D eigenvalue weighted by Crippen LogP contribution is 2.50. The van der Waals surface area contributed by atoms with Crippen molar-refractivity contribution in [2.45, 2.75) is 68.4 Å². The van der Waals surface area contributed by atoms with Crippen LogP contribution in [0.2, 0.25) is 0 Å². The van der Waals surface area contributed by atoms with Gasteiger partial charge in [0.15, 0.2) is 0 Å². The molecule has 2 N–H and O–H groups in total. The van der Waals surface area contributed by atoms with Gasteiger partial charge in [-0.1, -0.05) is 12.1 Å². The fourth-order valence-electron chi connectivity index (χ4n) is 6.40. The number of halogens is 1. The van der Waals surface area contributed by atoms with E-state index < -0.39 is 6.04 Å². The molecule has 0 spiro atoms. The number of nitrogens with two attached hydrogens (primary N) is 1. The number of nitriles is 1. The summed E-state index contributed by atoms with van der Waals surface area (Å²) in [5.74, 6) is 0.568. The molecule has 3 heterocycles. The number of fused-ring (bicyclic) bond motifs is 3. The number of amides is 2. The molecule has 2 saturated carbocycles. The van der Waals surface area contributed by atoms with Gasteiger partial charge in [-0.3, -0.25) is 14.5 Å². The molecule has 2 bridgehead atoms. The number of piperidine rings is 1. The van der Waals surface area contributed by atoms with E-state index in [2.05, 4.69) is 11.0 Å². The zero-order chi connectivity index (χ0) is 22.1. The third-order valence-corrected chi connectivity index (χ3v) is 8.15. The molecule has 2 amide bonds. The van der Waals surface area contributed by atoms with Crippen LogP contribution in [-0.4, -0.2) is 69.8 Å². The molecule has 1 unspecified atom stereocenters. The largest absolute Gasteiger partial charge is 0.330 e. The number of hydrogen-bond donors (Lipinski definition) is 1. The molecule has 3 aliphatic heterocycles. The van der Waals surface area contributed by atoms with Crippen LogP contribution in [0.3, 0.4) is 0 Å². The molecule has 32 heavy (non-hydrogen) atoms. The topological polar surface area (TPSA) is 93.7 Å². The summed E-state index contributed by atoms with van der Waals surface area (Å²) in [6.07, 6.45) is 4.66. The first-order valence-electron chi connectivity index (χ1n) is 11.8. The summed E-state index contributed by atoms with van der Waals surface area (Å²) < 4.78 is 13.4. The van der Waals surface area contributed by atoms with Crippen molar-refractivity contribution in [2.75, 3.05) is 13.1 Å². The van der Waals surface area contributed by atoms with E-state index in [1.807, 2.05) is 4.90 Å². The minimum Gasteiger partial charge on any atom is -0.330 e. The smallest absolute Gasteiger partial charge is 0.242 e. The Morgan fingerprint density at radius 3 is 2.62 bits per heavy atom. The monoisotopic (exact) mass is 437 g/mol. The average Bonchev–Trinajstić information content (AvgIpc) is 3.67. The van der Waals surface area contributed by atoms with Gasteiger partial charge in [-0.15, -0.1) is 0 Å². The number of rotatable bonds is 6. The molecule has 8 heteroatoms. The van der Waals surface area contributed by atoms with Crippen molar-refractivity contribution in [2.24, 2.45) is 17.6 Å². The first-order valence-corrected chi connectivity index (χ1v) is 11.8. The van der Waals surface area contributed by atoms with E-state index in [1.165, 1.54) is 12.1 Å². The lowest BCUT2D eigenvalue weighted by Gasteiger charge is -2.40. The molecule has 0 aromatic heterocycles. The molecule has 7 atom stereocenters. The maximum Gasteiger partial charge on any atom is 0.242 e. The van der Waals surface area contributed by atoms with Crippen molar-refractivity contribution < 1.29 is 14.0 Å². The Morgan fingerprint density at radius 2 is 1.97 bits per heavy atom. The number of likely N-dealkylation sites (tertiary alicyclic amines) is 3. The summed E-state index contributed by atoms with van der Waals surface area (Å²) in [6, 6.07) is 7.73. The van der Waals surface area contributed by atoms with Crippen molar-refractivity contribution in [3.63, 3.8) is 0 Å². The molecule has 5 fully saturated rings. The number of carbonyl (C=O) groups excluding carboxylic acids is 2. The van der Waals surface area contributed by atoms with Gasteiger partial charge in [-0.05, 0) is 61.6 Å². The van der Waals surface area contributed by atoms with Crippen LogP contribution in [0.4, 0.5) is 4.39 Å². The maximum absolute atomic E-state index is 13.4. The van der Waals surface area contributed by atoms with Crippen LogP contribution in [0, 0.1) is 29.0 Å². The Hall–Kier alpha value is -2.50. The quantitative estimate of drug-likeness (QED) is 0.726. The van der Waals surface area contributed by atoms with E-state index in [0.717, 1.165) is 37.7 Å². The number of piperazine rings is 1. The summed E-state index contributed by atoms with van der Waals surface area (Å²) >= 11 is 0. The van der Waals surface area contributed by atoms with E-state index in [4.69, 9.17) is 5.73 Å². The fraction of sp³-hybridized carbons (Fsp3) is 0.625. The molecule has 3 saturated heterocycles. The zero-order valence-electron chi connectivity index (χ0n) is 17.9. The van der Waals surface area contributed by atoms with Crippen LogP contribution in [0.15, 0.2) is 24.3 Å². The van der Waals surface area contributed by atoms with E-state index in [0.29, 0.717) is 24.9 Å². The van der Waals surface area contributed by atoms with Gasteiger partial charge in [0.1, 0.15) is 11.9 Å². The molecule has 5 aliphatic rings. The summed E-state index contributed by atoms with van der Waals surface area (Å²) in [5.41, 5.74) is 7.31. The van der Waals surface area contributed by atoms with E-state index in [-0.39, 0.29) is 47.8 Å². The Labute approximate surface area is 186 Å². The van der Waals surface area contributed by atoms with Crippen molar-refractivity contribution in [3.05, 3.63) is 35.6 Å². The van der Waals surface area contributed by atoms with Gasteiger partial charge in [-0.2, -0.15) is 5.26 Å². The molecule has 1 aromatic carbocycles. The summed E-state index contributed by atoms with van der Waals surface area (Å²) in [6.45, 7) is 1.05. The lowest BCUT2D eigenvalue weighted by atomic mass is 9.99. The first-order chi connectivity index (χ1) is 15.5. The van der Waals surface area contributed by atoms with Gasteiger partial charge in [0.25, 0.3) is 0 Å². The highest BCUT2D eigenvalue weighted by molar-refractivity contribution is 5.87. The standard InChI is InChI=1S/C24H28FN5O2/c25-16-5-3-14(4-6-16)22(13-1-2-13)30-18-9-21(24(30)32)28(11-18)12-19(27)23(31)29-17(10-26)7-15-8-20(15)29/h3-6,13,15,17-22H,1-2,7-9,11-12,27H2/t15-,17+,18?,19+,20+,21-,22+/m1/s1. The van der Waals surface area contributed by atoms with Crippen LogP contribution >= 0.6 is 0 Å². The summed E-state index contributed by atoms with van der Waals surface area (Å²) in [4.78, 5) is 32.2. The third-order valence-electron chi connectivity index (χ3n) is 8.15. The Morgan fingerprint density at radius 1 is 1.22 bits per heavy atom. The highest BCUT2D eigenvalue weighted by atomic mass is 19.1. The van der Waals surface area contributed by atoms with Crippen LogP contribution in [-0.2, 0) is 9.59 Å². The molecular formula is C24H28FN5O2. The van der Waals surface area contributed by atoms with Crippen molar-refractivity contribution in [1.29, 1.82) is 5.26 Å². The number of nitrogens with zero attached hydrogens (tertiary/aromatic N) is 4. The van der Waals surface area contributed by atoms with Crippen LogP contribution in [0.1, 0.15) is 43.7 Å². The number of hydrogen-bond acceptors (Lipinski definition) is 5. The molecular weight excluding hydrogens is 409 g/mol. The van der Waals surface area contributed by atoms with Crippen molar-refractivity contribution >= 4 is 11.8 Å². The van der Waals surface area contributed by atoms with Gasteiger partial charge in [0, 0.05) is 25.2 Å². The van der Waals surface area contributed by atoms with E-state index >= 15 is 0 Å². The van der Waals surface area contributed by atoms with Crippen LogP contribution in [0.25, 0.3) is 0 Å². The second kappa shape index (κ2) is 7.26. The molecule has 168 valence electrons. The van der Waals surface area contributed by atoms with Crippen LogP contribution < -0.4 is 5.73 Å². The Balaban J connectivity index is 1.14. The number of carbonyl (C=O) groups is 2. The molecule has 6 rings (SSSR count). The summed E-state index contributed by atoms with van der Waals surface area (Å²) in [5, 5.41) is 9.38. The lowest BCUT2D eigenvalue weighted by Crippen LogP contribution is -2.57. The van der Waals surface area contributed by atoms with Gasteiger partial charge in [-0.25, -0.2) is 4.39 Å². The average molecular weight is 438 g/mol. The van der Waals surface area contributed by atoms with E-state index in [9.17, 15) is 19.2 Å². The zero-order valence-corrected chi connectivity index (χ0v) is 17.9. The second-order valence-corrected chi connectivity index (χ2v) is 10.2. The minimum absolute atomic E-state index is 0.00309. The third kappa shape index (κ3) is 3.13. The fourth-order valence-corrected chi connectivity index (χ4v) is 6.40. The summed E-state index contributed by atoms with van der Waals surface area (Å²) in [7, 11) is 0. The van der Waals surface area contributed by atoms with Gasteiger partial charge in [0.2, 0.25) is 11.8 Å². The lowest BCUT2D eigenvalue weighted by molar-refractivity contribution is -0.142. The van der Waals surface area contributed by atoms with Gasteiger partial charge < -0.3 is 15.5 Å². The molecule has 0 radical (unpaired) electrons. The predicted molar refractivity (Wildman–Crippen MR) is 113 cm³/mol. The second-order valence-electron chi connectivity index (χ2n) is 10.2. The predicted octanol–water partition coefficient (Wildman–Crippen LogP) is 1.40. The minimum atomic E-state index is -0.720. The molecule has 7 nitrogen and oxygen atoms in total. The maximum atomic E-state index is 13.4. The first kappa shape index (κ1) is 20.1. The van der Waals surface area contributed by atoms with E-state index in [1.54, 1.807) is 17.0 Å². The molecule has 2 aliphatic carbocycles. The van der Waals surface area contributed by atoms with Crippen molar-refractivity contribution in [1.82, 2.24) is 14.7 Å². The van der Waals surface area contributed by atoms with Crippen molar-refractivity contribution in [3.8, 4) is 6.07 Å². The Bertz CT molecular complexity index is 989. The highest BCUT2D eigenvalue weighted by Gasteiger charge is 2.57. The van der Waals surface area contributed by atoms with Gasteiger partial charge >= 0.3 is 0 Å². The normalized spacial score (nSPS) is 35.0. The van der Waals surface area contributed by atoms with Gasteiger partial charge in [0.05, 0.1) is 24.2 Å². The molecule has 1 aromatic rings.